The zero-order valence-corrected chi connectivity index (χ0v) is 17.9. The SMILES string of the molecule is CC(C)(C)OC(=O)N1CC(CNC(=O)c2ccc3c(c2)NC(=O)c2cccn2S3)C1. The Bertz CT molecular complexity index is 1000. The molecule has 8 nitrogen and oxygen atoms in total. The molecular formula is C21H24N4O4S. The van der Waals surface area contributed by atoms with E-state index in [1.807, 2.05) is 39.1 Å². The van der Waals surface area contributed by atoms with E-state index in [4.69, 9.17) is 4.74 Å². The van der Waals surface area contributed by atoms with Crippen molar-refractivity contribution in [3.05, 3.63) is 47.8 Å². The maximum Gasteiger partial charge on any atom is 0.410 e. The minimum atomic E-state index is -0.516. The molecule has 1 aromatic carbocycles. The van der Waals surface area contributed by atoms with Crippen molar-refractivity contribution in [1.82, 2.24) is 14.2 Å². The van der Waals surface area contributed by atoms with Crippen molar-refractivity contribution in [3.63, 3.8) is 0 Å². The predicted molar refractivity (Wildman–Crippen MR) is 114 cm³/mol. The lowest BCUT2D eigenvalue weighted by Crippen LogP contribution is -2.54. The molecule has 158 valence electrons. The van der Waals surface area contributed by atoms with E-state index < -0.39 is 5.60 Å². The molecule has 0 aliphatic carbocycles. The monoisotopic (exact) mass is 428 g/mol. The fourth-order valence-corrected chi connectivity index (χ4v) is 4.20. The average Bonchev–Trinajstić information content (AvgIpc) is 3.03. The quantitative estimate of drug-likeness (QED) is 0.783. The number of likely N-dealkylation sites (tertiary alicyclic amines) is 1. The summed E-state index contributed by atoms with van der Waals surface area (Å²) in [6, 6.07) is 8.84. The Morgan fingerprint density at radius 3 is 2.77 bits per heavy atom. The number of fused-ring (bicyclic) bond motifs is 2. The standard InChI is InChI=1S/C21H24N4O4S/c1-21(2,3)29-20(28)24-11-13(12-24)10-22-18(26)14-6-7-17-15(9-14)23-19(27)16-5-4-8-25(16)30-17/h4-9,13H,10-12H2,1-3H3,(H,22,26)(H,23,27). The van der Waals surface area contributed by atoms with E-state index in [0.717, 1.165) is 4.90 Å². The number of anilines is 1. The topological polar surface area (TPSA) is 92.7 Å². The van der Waals surface area contributed by atoms with E-state index >= 15 is 0 Å². The first-order valence-corrected chi connectivity index (χ1v) is 10.5. The zero-order chi connectivity index (χ0) is 21.5. The molecule has 1 aromatic heterocycles. The summed E-state index contributed by atoms with van der Waals surface area (Å²) in [6.45, 7) is 7.10. The number of rotatable bonds is 3. The third-order valence-corrected chi connectivity index (χ3v) is 5.86. The second-order valence-electron chi connectivity index (χ2n) is 8.44. The number of amides is 3. The van der Waals surface area contributed by atoms with Gasteiger partial charge in [0.1, 0.15) is 11.3 Å². The smallest absolute Gasteiger partial charge is 0.410 e. The van der Waals surface area contributed by atoms with Crippen molar-refractivity contribution in [3.8, 4) is 0 Å². The number of aromatic nitrogens is 1. The highest BCUT2D eigenvalue weighted by atomic mass is 32.2. The summed E-state index contributed by atoms with van der Waals surface area (Å²) in [4.78, 5) is 39.4. The minimum absolute atomic E-state index is 0.198. The van der Waals surface area contributed by atoms with Crippen LogP contribution in [0.15, 0.2) is 41.4 Å². The van der Waals surface area contributed by atoms with E-state index in [2.05, 4.69) is 10.6 Å². The summed E-state index contributed by atoms with van der Waals surface area (Å²) in [5, 5.41) is 5.78. The first-order chi connectivity index (χ1) is 14.2. The first kappa shape index (κ1) is 20.3. The fourth-order valence-electron chi connectivity index (χ4n) is 3.28. The van der Waals surface area contributed by atoms with Crippen molar-refractivity contribution in [1.29, 1.82) is 0 Å². The Morgan fingerprint density at radius 2 is 2.03 bits per heavy atom. The number of hydrogen-bond acceptors (Lipinski definition) is 5. The molecule has 2 aliphatic heterocycles. The summed E-state index contributed by atoms with van der Waals surface area (Å²) < 4.78 is 7.14. The highest BCUT2D eigenvalue weighted by Gasteiger charge is 2.33. The van der Waals surface area contributed by atoms with E-state index in [1.165, 1.54) is 11.9 Å². The van der Waals surface area contributed by atoms with Gasteiger partial charge in [-0.05, 0) is 63.1 Å². The highest BCUT2D eigenvalue weighted by molar-refractivity contribution is 7.98. The van der Waals surface area contributed by atoms with Crippen molar-refractivity contribution < 1.29 is 19.1 Å². The van der Waals surface area contributed by atoms with Gasteiger partial charge in [-0.2, -0.15) is 0 Å². The Morgan fingerprint density at radius 1 is 1.27 bits per heavy atom. The summed E-state index contributed by atoms with van der Waals surface area (Å²) >= 11 is 1.42. The molecule has 30 heavy (non-hydrogen) atoms. The molecule has 3 heterocycles. The third kappa shape index (κ3) is 4.30. The lowest BCUT2D eigenvalue weighted by molar-refractivity contribution is -0.000541. The van der Waals surface area contributed by atoms with Crippen LogP contribution >= 0.6 is 11.9 Å². The largest absolute Gasteiger partial charge is 0.444 e. The van der Waals surface area contributed by atoms with Crippen LogP contribution in [-0.4, -0.2) is 52.0 Å². The van der Waals surface area contributed by atoms with Crippen LogP contribution in [0.3, 0.4) is 0 Å². The van der Waals surface area contributed by atoms with Gasteiger partial charge in [0.15, 0.2) is 0 Å². The van der Waals surface area contributed by atoms with E-state index in [1.54, 1.807) is 27.1 Å². The van der Waals surface area contributed by atoms with Gasteiger partial charge in [0.25, 0.3) is 11.8 Å². The number of nitrogens with zero attached hydrogens (tertiary/aromatic N) is 2. The van der Waals surface area contributed by atoms with Gasteiger partial charge in [-0.25, -0.2) is 4.79 Å². The van der Waals surface area contributed by atoms with Crippen molar-refractivity contribution in [2.24, 2.45) is 5.92 Å². The molecule has 1 saturated heterocycles. The van der Waals surface area contributed by atoms with Crippen LogP contribution in [0.2, 0.25) is 0 Å². The molecule has 0 atom stereocenters. The molecule has 4 rings (SSSR count). The maximum atomic E-state index is 12.6. The molecule has 2 aliphatic rings. The molecule has 3 amide bonds. The lowest BCUT2D eigenvalue weighted by Gasteiger charge is -2.39. The van der Waals surface area contributed by atoms with Crippen molar-refractivity contribution in [2.75, 3.05) is 25.0 Å². The fraction of sp³-hybridized carbons (Fsp3) is 0.381. The number of carbonyl (C=O) groups is 3. The van der Waals surface area contributed by atoms with Gasteiger partial charge in [-0.1, -0.05) is 0 Å². The van der Waals surface area contributed by atoms with Crippen LogP contribution in [0, 0.1) is 5.92 Å². The van der Waals surface area contributed by atoms with Crippen molar-refractivity contribution >= 4 is 35.5 Å². The number of nitrogens with one attached hydrogen (secondary N) is 2. The van der Waals surface area contributed by atoms with E-state index in [0.29, 0.717) is 36.6 Å². The summed E-state index contributed by atoms with van der Waals surface area (Å²) in [5.41, 5.74) is 1.13. The molecule has 1 fully saturated rings. The molecule has 2 aromatic rings. The number of benzene rings is 1. The highest BCUT2D eigenvalue weighted by Crippen LogP contribution is 2.34. The first-order valence-electron chi connectivity index (χ1n) is 9.77. The Kier molecular flexibility index (Phi) is 5.23. The molecule has 2 N–H and O–H groups in total. The maximum absolute atomic E-state index is 12.6. The summed E-state index contributed by atoms with van der Waals surface area (Å²) in [6.07, 6.45) is 1.50. The van der Waals surface area contributed by atoms with Gasteiger partial charge in [-0.15, -0.1) is 0 Å². The van der Waals surface area contributed by atoms with Crippen molar-refractivity contribution in [2.45, 2.75) is 31.3 Å². The molecule has 0 saturated carbocycles. The predicted octanol–water partition coefficient (Wildman–Crippen LogP) is 3.21. The summed E-state index contributed by atoms with van der Waals surface area (Å²) in [5.74, 6) is -0.222. The molecule has 0 unspecified atom stereocenters. The van der Waals surface area contributed by atoms with Gasteiger partial charge < -0.3 is 20.3 Å². The van der Waals surface area contributed by atoms with Gasteiger partial charge in [0.05, 0.1) is 10.6 Å². The van der Waals surface area contributed by atoms with Crippen LogP contribution in [0.5, 0.6) is 0 Å². The van der Waals surface area contributed by atoms with Crippen LogP contribution in [0.1, 0.15) is 41.6 Å². The third-order valence-electron chi connectivity index (χ3n) is 4.79. The Labute approximate surface area is 179 Å². The van der Waals surface area contributed by atoms with Crippen LogP contribution in [0.25, 0.3) is 0 Å². The normalized spacial score (nSPS) is 16.0. The lowest BCUT2D eigenvalue weighted by atomic mass is 10.0. The van der Waals surface area contributed by atoms with Gasteiger partial charge in [0.2, 0.25) is 0 Å². The molecular weight excluding hydrogens is 404 g/mol. The number of ether oxygens (including phenoxy) is 1. The van der Waals surface area contributed by atoms with E-state index in [-0.39, 0.29) is 23.8 Å². The second kappa shape index (κ2) is 7.71. The van der Waals surface area contributed by atoms with Gasteiger partial charge >= 0.3 is 6.09 Å². The van der Waals surface area contributed by atoms with Crippen LogP contribution in [0.4, 0.5) is 10.5 Å². The van der Waals surface area contributed by atoms with Crippen LogP contribution < -0.4 is 10.6 Å². The van der Waals surface area contributed by atoms with Crippen LogP contribution in [-0.2, 0) is 4.74 Å². The Balaban J connectivity index is 1.32. The Hall–Kier alpha value is -2.94. The average molecular weight is 429 g/mol. The minimum Gasteiger partial charge on any atom is -0.444 e. The number of carbonyl (C=O) groups excluding carboxylic acids is 3. The van der Waals surface area contributed by atoms with Gasteiger partial charge in [-0.3, -0.25) is 13.6 Å². The second-order valence-corrected chi connectivity index (χ2v) is 9.45. The molecule has 0 radical (unpaired) electrons. The molecule has 0 bridgehead atoms. The number of hydrogen-bond donors (Lipinski definition) is 2. The zero-order valence-electron chi connectivity index (χ0n) is 17.1. The van der Waals surface area contributed by atoms with Gasteiger partial charge in [0, 0.05) is 37.3 Å². The molecule has 9 heteroatoms. The van der Waals surface area contributed by atoms with E-state index in [9.17, 15) is 14.4 Å². The summed E-state index contributed by atoms with van der Waals surface area (Å²) in [7, 11) is 0. The molecule has 0 spiro atoms.